The highest BCUT2D eigenvalue weighted by Gasteiger charge is 2.10. The summed E-state index contributed by atoms with van der Waals surface area (Å²) in [5, 5.41) is 5.50. The smallest absolute Gasteiger partial charge is 0.265 e. The predicted molar refractivity (Wildman–Crippen MR) is 122 cm³/mol. The monoisotopic (exact) mass is 434 g/mol. The van der Waals surface area contributed by atoms with E-state index in [1.54, 1.807) is 24.5 Å². The largest absolute Gasteiger partial charge is 0.489 e. The number of rotatable bonds is 7. The van der Waals surface area contributed by atoms with E-state index < -0.39 is 0 Å². The topological polar surface area (TPSA) is 51.2 Å². The number of anilines is 1. The number of hydrogen-bond acceptors (Lipinski definition) is 4. The number of pyridine rings is 1. The minimum Gasteiger partial charge on any atom is -0.489 e. The quantitative estimate of drug-likeness (QED) is 0.375. The SMILES string of the molecule is O=C(Nc1ccc(Cc2ccncc2)cc1)c1cc(COc2cccc(Cl)c2)cs1. The van der Waals surface area contributed by atoms with Gasteiger partial charge in [-0.05, 0) is 71.5 Å². The Kier molecular flexibility index (Phi) is 6.42. The number of carbonyl (C=O) groups is 1. The van der Waals surface area contributed by atoms with Gasteiger partial charge in [0.05, 0.1) is 4.88 Å². The number of aromatic nitrogens is 1. The lowest BCUT2D eigenvalue weighted by Gasteiger charge is -2.06. The van der Waals surface area contributed by atoms with Crippen LogP contribution in [0.2, 0.25) is 5.02 Å². The summed E-state index contributed by atoms with van der Waals surface area (Å²) in [6.45, 7) is 0.383. The van der Waals surface area contributed by atoms with Gasteiger partial charge < -0.3 is 10.1 Å². The average molecular weight is 435 g/mol. The number of carbonyl (C=O) groups excluding carboxylic acids is 1. The fraction of sp³-hybridized carbons (Fsp3) is 0.0833. The summed E-state index contributed by atoms with van der Waals surface area (Å²) in [5.41, 5.74) is 4.09. The summed E-state index contributed by atoms with van der Waals surface area (Å²) in [6.07, 6.45) is 4.41. The van der Waals surface area contributed by atoms with E-state index in [0.717, 1.165) is 17.7 Å². The first kappa shape index (κ1) is 20.1. The van der Waals surface area contributed by atoms with Gasteiger partial charge >= 0.3 is 0 Å². The molecule has 150 valence electrons. The first-order valence-electron chi connectivity index (χ1n) is 9.41. The van der Waals surface area contributed by atoms with Crippen molar-refractivity contribution in [3.8, 4) is 5.75 Å². The van der Waals surface area contributed by atoms with Gasteiger partial charge in [0.2, 0.25) is 0 Å². The minimum absolute atomic E-state index is 0.129. The van der Waals surface area contributed by atoms with Crippen LogP contribution < -0.4 is 10.1 Å². The molecule has 0 aliphatic carbocycles. The summed E-state index contributed by atoms with van der Waals surface area (Å²) >= 11 is 7.36. The summed E-state index contributed by atoms with van der Waals surface area (Å²) in [7, 11) is 0. The second kappa shape index (κ2) is 9.57. The molecule has 30 heavy (non-hydrogen) atoms. The number of thiophene rings is 1. The van der Waals surface area contributed by atoms with E-state index in [1.165, 1.54) is 22.5 Å². The third-order valence-corrected chi connectivity index (χ3v) is 5.66. The number of nitrogens with one attached hydrogen (secondary N) is 1. The molecule has 6 heteroatoms. The zero-order valence-corrected chi connectivity index (χ0v) is 17.6. The van der Waals surface area contributed by atoms with Gasteiger partial charge in [0, 0.05) is 28.7 Å². The second-order valence-corrected chi connectivity index (χ2v) is 8.10. The molecule has 0 saturated carbocycles. The lowest BCUT2D eigenvalue weighted by molar-refractivity contribution is 0.103. The Morgan fingerprint density at radius 3 is 2.50 bits per heavy atom. The predicted octanol–water partition coefficient (Wildman–Crippen LogP) is 6.22. The van der Waals surface area contributed by atoms with Crippen LogP contribution in [0.5, 0.6) is 5.75 Å². The molecule has 0 aliphatic rings. The van der Waals surface area contributed by atoms with Crippen LogP contribution in [0.1, 0.15) is 26.4 Å². The Balaban J connectivity index is 1.32. The number of halogens is 1. The molecular formula is C24H19ClN2O2S. The van der Waals surface area contributed by atoms with E-state index >= 15 is 0 Å². The first-order chi connectivity index (χ1) is 14.7. The maximum Gasteiger partial charge on any atom is 0.265 e. The summed E-state index contributed by atoms with van der Waals surface area (Å²) < 4.78 is 5.73. The van der Waals surface area contributed by atoms with Crippen molar-refractivity contribution in [2.45, 2.75) is 13.0 Å². The molecule has 0 atom stereocenters. The molecule has 0 spiro atoms. The Hall–Kier alpha value is -3.15. The van der Waals surface area contributed by atoms with Crippen LogP contribution in [0.25, 0.3) is 0 Å². The molecule has 1 N–H and O–H groups in total. The molecule has 2 aromatic carbocycles. The van der Waals surface area contributed by atoms with Gasteiger partial charge in [-0.2, -0.15) is 0 Å². The third kappa shape index (κ3) is 5.47. The fourth-order valence-corrected chi connectivity index (χ4v) is 3.90. The third-order valence-electron chi connectivity index (χ3n) is 4.45. The maximum absolute atomic E-state index is 12.6. The van der Waals surface area contributed by atoms with Crippen molar-refractivity contribution in [1.29, 1.82) is 0 Å². The number of hydrogen-bond donors (Lipinski definition) is 1. The van der Waals surface area contributed by atoms with E-state index in [-0.39, 0.29) is 5.91 Å². The van der Waals surface area contributed by atoms with E-state index in [4.69, 9.17) is 16.3 Å². The minimum atomic E-state index is -0.129. The highest BCUT2D eigenvalue weighted by Crippen LogP contribution is 2.22. The second-order valence-electron chi connectivity index (χ2n) is 6.75. The van der Waals surface area contributed by atoms with E-state index in [9.17, 15) is 4.79 Å². The van der Waals surface area contributed by atoms with Crippen molar-refractivity contribution >= 4 is 34.5 Å². The van der Waals surface area contributed by atoms with Crippen LogP contribution in [0.4, 0.5) is 5.69 Å². The zero-order valence-electron chi connectivity index (χ0n) is 16.0. The average Bonchev–Trinajstić information content (AvgIpc) is 3.24. The van der Waals surface area contributed by atoms with Gasteiger partial charge in [-0.1, -0.05) is 29.8 Å². The molecule has 2 heterocycles. The number of benzene rings is 2. The molecule has 0 unspecified atom stereocenters. The van der Waals surface area contributed by atoms with Crippen molar-refractivity contribution in [2.75, 3.05) is 5.32 Å². The van der Waals surface area contributed by atoms with Crippen LogP contribution in [0.15, 0.2) is 84.5 Å². The molecule has 1 amide bonds. The molecular weight excluding hydrogens is 416 g/mol. The van der Waals surface area contributed by atoms with Crippen LogP contribution in [0, 0.1) is 0 Å². The number of nitrogens with zero attached hydrogens (tertiary/aromatic N) is 1. The lowest BCUT2D eigenvalue weighted by atomic mass is 10.1. The highest BCUT2D eigenvalue weighted by molar-refractivity contribution is 7.12. The van der Waals surface area contributed by atoms with Gasteiger partial charge in [0.15, 0.2) is 0 Å². The molecule has 0 bridgehead atoms. The zero-order chi connectivity index (χ0) is 20.8. The van der Waals surface area contributed by atoms with Crippen LogP contribution >= 0.6 is 22.9 Å². The van der Waals surface area contributed by atoms with Crippen molar-refractivity contribution in [3.63, 3.8) is 0 Å². The Labute approximate surface area is 184 Å². The molecule has 2 aromatic heterocycles. The van der Waals surface area contributed by atoms with Gasteiger partial charge in [0.1, 0.15) is 12.4 Å². The molecule has 4 nitrogen and oxygen atoms in total. The van der Waals surface area contributed by atoms with Crippen molar-refractivity contribution < 1.29 is 9.53 Å². The number of amides is 1. The van der Waals surface area contributed by atoms with Gasteiger partial charge in [-0.25, -0.2) is 0 Å². The first-order valence-corrected chi connectivity index (χ1v) is 10.7. The fourth-order valence-electron chi connectivity index (χ4n) is 2.93. The Bertz CT molecular complexity index is 1130. The molecule has 0 saturated heterocycles. The van der Waals surface area contributed by atoms with Crippen LogP contribution in [0.3, 0.4) is 0 Å². The number of ether oxygens (including phenoxy) is 1. The Morgan fingerprint density at radius 1 is 0.967 bits per heavy atom. The van der Waals surface area contributed by atoms with Crippen LogP contribution in [-0.4, -0.2) is 10.9 Å². The van der Waals surface area contributed by atoms with Gasteiger partial charge in [0.25, 0.3) is 5.91 Å². The van der Waals surface area contributed by atoms with Gasteiger partial charge in [-0.15, -0.1) is 11.3 Å². The van der Waals surface area contributed by atoms with Crippen molar-refractivity contribution in [2.24, 2.45) is 0 Å². The summed E-state index contributed by atoms with van der Waals surface area (Å²) in [5.74, 6) is 0.572. The lowest BCUT2D eigenvalue weighted by Crippen LogP contribution is -2.10. The van der Waals surface area contributed by atoms with Crippen molar-refractivity contribution in [3.05, 3.63) is 111 Å². The molecule has 4 rings (SSSR count). The standard InChI is InChI=1S/C24H19ClN2O2S/c25-20-2-1-3-22(14-20)29-15-19-13-23(30-16-19)24(28)27-21-6-4-17(5-7-21)12-18-8-10-26-11-9-18/h1-11,13-14,16H,12,15H2,(H,27,28). The molecule has 0 aliphatic heterocycles. The summed E-state index contributed by atoms with van der Waals surface area (Å²) in [6, 6.07) is 21.0. The van der Waals surface area contributed by atoms with Crippen molar-refractivity contribution in [1.82, 2.24) is 4.98 Å². The molecule has 0 radical (unpaired) electrons. The van der Waals surface area contributed by atoms with E-state index in [0.29, 0.717) is 22.3 Å². The van der Waals surface area contributed by atoms with E-state index in [1.807, 2.05) is 60.0 Å². The molecule has 0 fully saturated rings. The maximum atomic E-state index is 12.6. The highest BCUT2D eigenvalue weighted by atomic mass is 35.5. The van der Waals surface area contributed by atoms with Crippen LogP contribution in [-0.2, 0) is 13.0 Å². The Morgan fingerprint density at radius 2 is 1.73 bits per heavy atom. The molecule has 4 aromatic rings. The normalized spacial score (nSPS) is 10.6. The van der Waals surface area contributed by atoms with E-state index in [2.05, 4.69) is 10.3 Å². The summed E-state index contributed by atoms with van der Waals surface area (Å²) in [4.78, 5) is 17.2. The van der Waals surface area contributed by atoms with Gasteiger partial charge in [-0.3, -0.25) is 9.78 Å².